The second-order valence-corrected chi connectivity index (χ2v) is 15.1. The van der Waals surface area contributed by atoms with Crippen LogP contribution in [-0.4, -0.2) is 24.1 Å². The molecular weight excluding hydrogens is 695 g/mol. The number of allylic oxidation sites excluding steroid dienone is 1. The molecule has 5 nitrogen and oxygen atoms in total. The number of fused-ring (bicyclic) bond motifs is 9. The molecule has 4 aromatic heterocycles. The number of para-hydroxylation sites is 3. The number of aromatic nitrogens is 5. The van der Waals surface area contributed by atoms with E-state index < -0.39 is 0 Å². The predicted molar refractivity (Wildman–Crippen MR) is 236 cm³/mol. The molecule has 0 saturated heterocycles. The average molecular weight is 730 g/mol. The number of hydrogen-bond acceptors (Lipinski definition) is 3. The number of hydrogen-bond donors (Lipinski definition) is 0. The van der Waals surface area contributed by atoms with Crippen LogP contribution >= 0.6 is 0 Å². The maximum absolute atomic E-state index is 5.20. The summed E-state index contributed by atoms with van der Waals surface area (Å²) in [5.74, 6) is 0. The van der Waals surface area contributed by atoms with Crippen LogP contribution in [0.15, 0.2) is 170 Å². The van der Waals surface area contributed by atoms with Crippen LogP contribution < -0.4 is 0 Å². The fraction of sp³-hybridized carbons (Fsp3) is 0.0577. The molecular formula is C52H35N5. The number of nitrogens with zero attached hydrogens (tertiary/aromatic N) is 5. The van der Waals surface area contributed by atoms with Crippen LogP contribution in [0.4, 0.5) is 0 Å². The van der Waals surface area contributed by atoms with Crippen LogP contribution in [0.1, 0.15) is 23.1 Å². The zero-order valence-electron chi connectivity index (χ0n) is 31.1. The Kier molecular flexibility index (Phi) is 7.05. The van der Waals surface area contributed by atoms with E-state index in [0.29, 0.717) is 5.65 Å². The van der Waals surface area contributed by atoms with Crippen molar-refractivity contribution in [3.05, 3.63) is 187 Å². The Balaban J connectivity index is 1.02. The van der Waals surface area contributed by atoms with Gasteiger partial charge in [0.2, 0.25) is 0 Å². The summed E-state index contributed by atoms with van der Waals surface area (Å²) >= 11 is 0. The lowest BCUT2D eigenvalue weighted by Crippen LogP contribution is -2.08. The molecule has 1 aliphatic carbocycles. The summed E-state index contributed by atoms with van der Waals surface area (Å²) in [4.78, 5) is 14.8. The Morgan fingerprint density at radius 3 is 2.14 bits per heavy atom. The van der Waals surface area contributed by atoms with Gasteiger partial charge in [-0.3, -0.25) is 4.98 Å². The Morgan fingerprint density at radius 2 is 1.26 bits per heavy atom. The van der Waals surface area contributed by atoms with E-state index in [1.165, 1.54) is 71.1 Å². The second kappa shape index (κ2) is 12.6. The zero-order chi connectivity index (χ0) is 37.5. The van der Waals surface area contributed by atoms with Gasteiger partial charge in [-0.2, -0.15) is 0 Å². The summed E-state index contributed by atoms with van der Waals surface area (Å²) < 4.78 is 4.86. The van der Waals surface area contributed by atoms with E-state index in [1.807, 2.05) is 0 Å². The molecule has 5 heteroatoms. The van der Waals surface area contributed by atoms with Gasteiger partial charge >= 0.3 is 0 Å². The third-order valence-electron chi connectivity index (χ3n) is 12.0. The van der Waals surface area contributed by atoms with Gasteiger partial charge in [-0.1, -0.05) is 109 Å². The standard InChI is InChI=1S/C52H35N5/c1-2-14-37(15-3-1)57-48-21-11-9-19-42(48)44-29-35(23-25-49(44)57)43-31-46(55-52-51(43)53-26-27-54-52)40-24-22-36(38-16-6-7-17-39(38)40)32-56-47-20-10-8-18-41(47)45-28-33-12-4-5-13-34(33)30-50(45)56/h1-5,7-15,17-31H,6,16,32H2. The van der Waals surface area contributed by atoms with Crippen molar-refractivity contribution < 1.29 is 0 Å². The molecule has 12 rings (SSSR count). The topological polar surface area (TPSA) is 48.5 Å². The summed E-state index contributed by atoms with van der Waals surface area (Å²) in [5, 5.41) is 7.54. The molecule has 0 radical (unpaired) electrons. The molecule has 0 saturated carbocycles. The first-order valence-corrected chi connectivity index (χ1v) is 19.7. The first-order chi connectivity index (χ1) is 28.3. The molecule has 11 aromatic rings. The molecule has 0 fully saturated rings. The highest BCUT2D eigenvalue weighted by molar-refractivity contribution is 6.13. The molecule has 0 aliphatic heterocycles. The van der Waals surface area contributed by atoms with Crippen molar-refractivity contribution in [2.75, 3.05) is 0 Å². The lowest BCUT2D eigenvalue weighted by atomic mass is 9.87. The van der Waals surface area contributed by atoms with E-state index >= 15 is 0 Å². The zero-order valence-corrected chi connectivity index (χ0v) is 31.1. The molecule has 0 atom stereocenters. The van der Waals surface area contributed by atoms with Gasteiger partial charge in [0.05, 0.1) is 22.2 Å². The van der Waals surface area contributed by atoms with Crippen LogP contribution in [0.3, 0.4) is 0 Å². The minimum absolute atomic E-state index is 0.645. The second-order valence-electron chi connectivity index (χ2n) is 15.1. The van der Waals surface area contributed by atoms with Gasteiger partial charge in [-0.25, -0.2) is 9.97 Å². The molecule has 1 aliphatic rings. The van der Waals surface area contributed by atoms with Crippen LogP contribution in [0.5, 0.6) is 0 Å². The maximum Gasteiger partial charge on any atom is 0.179 e. The Morgan fingerprint density at radius 1 is 0.544 bits per heavy atom. The maximum atomic E-state index is 5.20. The van der Waals surface area contributed by atoms with Gasteiger partial charge in [-0.05, 0) is 100 Å². The van der Waals surface area contributed by atoms with E-state index in [1.54, 1.807) is 12.4 Å². The Hall–Kier alpha value is -7.37. The largest absolute Gasteiger partial charge is 0.336 e. The fourth-order valence-electron chi connectivity index (χ4n) is 9.38. The van der Waals surface area contributed by atoms with Crippen molar-refractivity contribution >= 4 is 71.6 Å². The number of rotatable bonds is 5. The van der Waals surface area contributed by atoms with Crippen LogP contribution in [0.25, 0.3) is 99.7 Å². The van der Waals surface area contributed by atoms with Crippen LogP contribution in [-0.2, 0) is 13.0 Å². The van der Waals surface area contributed by atoms with Gasteiger partial charge in [0.15, 0.2) is 5.65 Å². The summed E-state index contributed by atoms with van der Waals surface area (Å²) in [6.45, 7) is 0.789. The highest BCUT2D eigenvalue weighted by atomic mass is 15.0. The summed E-state index contributed by atoms with van der Waals surface area (Å²) in [7, 11) is 0. The SMILES string of the molecule is C1=Cc2c(-c3cc(-c4ccc5c(c4)c4ccccc4n5-c4ccccc4)c4nccnc4n3)ccc(Cn3c4ccccc4c4cc5ccccc5cc43)c2CC1. The third kappa shape index (κ3) is 4.99. The smallest absolute Gasteiger partial charge is 0.179 e. The van der Waals surface area contributed by atoms with Crippen molar-refractivity contribution in [1.29, 1.82) is 0 Å². The monoisotopic (exact) mass is 729 g/mol. The van der Waals surface area contributed by atoms with Gasteiger partial charge in [0, 0.05) is 62.8 Å². The predicted octanol–water partition coefficient (Wildman–Crippen LogP) is 12.7. The molecule has 0 bridgehead atoms. The van der Waals surface area contributed by atoms with Crippen molar-refractivity contribution in [1.82, 2.24) is 24.1 Å². The van der Waals surface area contributed by atoms with Crippen molar-refractivity contribution in [2.45, 2.75) is 19.4 Å². The first-order valence-electron chi connectivity index (χ1n) is 19.7. The van der Waals surface area contributed by atoms with Crippen LogP contribution in [0.2, 0.25) is 0 Å². The van der Waals surface area contributed by atoms with E-state index in [4.69, 9.17) is 15.0 Å². The Labute approximate surface area is 328 Å². The Bertz CT molecular complexity index is 3440. The summed E-state index contributed by atoms with van der Waals surface area (Å²) in [6.07, 6.45) is 10.1. The van der Waals surface area contributed by atoms with E-state index in [2.05, 4.69) is 173 Å². The van der Waals surface area contributed by atoms with Gasteiger partial charge in [0.1, 0.15) is 5.52 Å². The molecule has 268 valence electrons. The molecule has 7 aromatic carbocycles. The molecule has 0 amide bonds. The fourth-order valence-corrected chi connectivity index (χ4v) is 9.38. The van der Waals surface area contributed by atoms with Gasteiger partial charge < -0.3 is 9.13 Å². The highest BCUT2D eigenvalue weighted by Gasteiger charge is 2.21. The molecule has 0 spiro atoms. The normalized spacial score (nSPS) is 12.8. The molecule has 4 heterocycles. The number of benzene rings is 7. The van der Waals surface area contributed by atoms with E-state index in [0.717, 1.165) is 53.0 Å². The minimum atomic E-state index is 0.645. The first kappa shape index (κ1) is 31.9. The van der Waals surface area contributed by atoms with Gasteiger partial charge in [-0.15, -0.1) is 0 Å². The van der Waals surface area contributed by atoms with Crippen molar-refractivity contribution in [2.24, 2.45) is 0 Å². The van der Waals surface area contributed by atoms with E-state index in [9.17, 15) is 0 Å². The molecule has 0 unspecified atom stereocenters. The van der Waals surface area contributed by atoms with Crippen molar-refractivity contribution in [3.8, 4) is 28.1 Å². The van der Waals surface area contributed by atoms with E-state index in [-0.39, 0.29) is 0 Å². The van der Waals surface area contributed by atoms with Crippen molar-refractivity contribution in [3.63, 3.8) is 0 Å². The lowest BCUT2D eigenvalue weighted by Gasteiger charge is -2.21. The van der Waals surface area contributed by atoms with Gasteiger partial charge in [0.25, 0.3) is 0 Å². The molecule has 0 N–H and O–H groups in total. The van der Waals surface area contributed by atoms with Crippen LogP contribution in [0, 0.1) is 0 Å². The number of pyridine rings is 1. The third-order valence-corrected chi connectivity index (χ3v) is 12.0. The quantitative estimate of drug-likeness (QED) is 0.177. The molecule has 57 heavy (non-hydrogen) atoms. The lowest BCUT2D eigenvalue weighted by molar-refractivity contribution is 0.839. The summed E-state index contributed by atoms with van der Waals surface area (Å²) in [5.41, 5.74) is 15.6. The highest BCUT2D eigenvalue weighted by Crippen LogP contribution is 2.40. The summed E-state index contributed by atoms with van der Waals surface area (Å²) in [6, 6.07) is 55.1. The average Bonchev–Trinajstić information content (AvgIpc) is 3.77. The minimum Gasteiger partial charge on any atom is -0.336 e.